The summed E-state index contributed by atoms with van der Waals surface area (Å²) in [6, 6.07) is 6.88. The number of H-pyrrole nitrogens is 1. The molecule has 2 aromatic rings. The highest BCUT2D eigenvalue weighted by molar-refractivity contribution is 5.79. The standard InChI is InChI=1S/C17H23N3O/c1-10-18-13-7-6-11(9-14(13)19-10)20-15-12-5-4-8-21-16(12)17(15,2)3/h6-7,9,12,15-16,20H,4-5,8H2,1-3H3,(H,18,19). The molecule has 2 heterocycles. The van der Waals surface area contributed by atoms with Gasteiger partial charge in [-0.2, -0.15) is 0 Å². The third-order valence-corrected chi connectivity index (χ3v) is 5.25. The highest BCUT2D eigenvalue weighted by atomic mass is 16.5. The molecule has 2 fully saturated rings. The van der Waals surface area contributed by atoms with Gasteiger partial charge in [-0.25, -0.2) is 4.98 Å². The summed E-state index contributed by atoms with van der Waals surface area (Å²) in [6.07, 6.45) is 2.88. The number of nitrogens with zero attached hydrogens (tertiary/aromatic N) is 1. The average molecular weight is 285 g/mol. The molecule has 4 heteroatoms. The minimum atomic E-state index is 0.198. The number of nitrogens with one attached hydrogen (secondary N) is 2. The maximum absolute atomic E-state index is 5.98. The largest absolute Gasteiger partial charge is 0.381 e. The van der Waals surface area contributed by atoms with Crippen LogP contribution in [0.4, 0.5) is 5.69 Å². The van der Waals surface area contributed by atoms with Gasteiger partial charge in [0, 0.05) is 29.7 Å². The number of fused-ring (bicyclic) bond motifs is 2. The second-order valence-corrected chi connectivity index (χ2v) is 7.09. The van der Waals surface area contributed by atoms with Crippen molar-refractivity contribution in [1.29, 1.82) is 0 Å². The van der Waals surface area contributed by atoms with Gasteiger partial charge in [-0.05, 0) is 38.0 Å². The van der Waals surface area contributed by atoms with E-state index >= 15 is 0 Å². The molecule has 2 aliphatic rings. The topological polar surface area (TPSA) is 49.9 Å². The summed E-state index contributed by atoms with van der Waals surface area (Å²) in [5, 5.41) is 3.74. The molecule has 1 saturated carbocycles. The molecular weight excluding hydrogens is 262 g/mol. The van der Waals surface area contributed by atoms with E-state index in [-0.39, 0.29) is 5.41 Å². The molecule has 1 aromatic heterocycles. The summed E-state index contributed by atoms with van der Waals surface area (Å²) in [5.74, 6) is 1.61. The van der Waals surface area contributed by atoms with Crippen molar-refractivity contribution < 1.29 is 4.74 Å². The van der Waals surface area contributed by atoms with Gasteiger partial charge in [0.05, 0.1) is 17.1 Å². The van der Waals surface area contributed by atoms with Gasteiger partial charge in [-0.3, -0.25) is 0 Å². The fourth-order valence-electron chi connectivity index (χ4n) is 4.22. The van der Waals surface area contributed by atoms with E-state index in [0.29, 0.717) is 18.1 Å². The van der Waals surface area contributed by atoms with Crippen molar-refractivity contribution >= 4 is 16.7 Å². The minimum absolute atomic E-state index is 0.198. The number of imidazole rings is 1. The number of hydrogen-bond donors (Lipinski definition) is 2. The number of aromatic amines is 1. The monoisotopic (exact) mass is 285 g/mol. The van der Waals surface area contributed by atoms with Crippen LogP contribution in [0, 0.1) is 18.3 Å². The Hall–Kier alpha value is -1.55. The molecular formula is C17H23N3O. The van der Waals surface area contributed by atoms with Crippen LogP contribution >= 0.6 is 0 Å². The number of hydrogen-bond acceptors (Lipinski definition) is 3. The van der Waals surface area contributed by atoms with E-state index in [2.05, 4.69) is 47.3 Å². The Morgan fingerprint density at radius 2 is 2.24 bits per heavy atom. The van der Waals surface area contributed by atoms with Gasteiger partial charge in [0.15, 0.2) is 0 Å². The van der Waals surface area contributed by atoms with Crippen molar-refractivity contribution in [3.8, 4) is 0 Å². The third kappa shape index (κ3) is 1.96. The lowest BCUT2D eigenvalue weighted by molar-refractivity contribution is -0.177. The second-order valence-electron chi connectivity index (χ2n) is 7.09. The van der Waals surface area contributed by atoms with Crippen LogP contribution in [0.15, 0.2) is 18.2 Å². The summed E-state index contributed by atoms with van der Waals surface area (Å²) in [4.78, 5) is 7.77. The molecule has 0 amide bonds. The molecule has 0 radical (unpaired) electrons. The molecule has 1 aliphatic carbocycles. The van der Waals surface area contributed by atoms with Crippen LogP contribution < -0.4 is 5.32 Å². The number of ether oxygens (including phenoxy) is 1. The zero-order valence-corrected chi connectivity index (χ0v) is 12.9. The maximum Gasteiger partial charge on any atom is 0.104 e. The van der Waals surface area contributed by atoms with E-state index in [1.54, 1.807) is 0 Å². The van der Waals surface area contributed by atoms with Crippen LogP contribution in [0.3, 0.4) is 0 Å². The zero-order valence-electron chi connectivity index (χ0n) is 12.9. The predicted octanol–water partition coefficient (Wildman–Crippen LogP) is 3.49. The van der Waals surface area contributed by atoms with Gasteiger partial charge < -0.3 is 15.0 Å². The van der Waals surface area contributed by atoms with E-state index in [1.165, 1.54) is 18.5 Å². The number of aryl methyl sites for hydroxylation is 1. The molecule has 4 rings (SSSR count). The highest BCUT2D eigenvalue weighted by Crippen LogP contribution is 2.52. The van der Waals surface area contributed by atoms with Gasteiger partial charge in [0.25, 0.3) is 0 Å². The van der Waals surface area contributed by atoms with E-state index in [4.69, 9.17) is 4.74 Å². The van der Waals surface area contributed by atoms with Crippen molar-refractivity contribution in [3.63, 3.8) is 0 Å². The summed E-state index contributed by atoms with van der Waals surface area (Å²) in [6.45, 7) is 7.55. The van der Waals surface area contributed by atoms with Gasteiger partial charge in [-0.15, -0.1) is 0 Å². The summed E-state index contributed by atoms with van der Waals surface area (Å²) >= 11 is 0. The molecule has 3 unspecified atom stereocenters. The number of anilines is 1. The summed E-state index contributed by atoms with van der Waals surface area (Å²) in [7, 11) is 0. The van der Waals surface area contributed by atoms with E-state index < -0.39 is 0 Å². The Balaban J connectivity index is 1.59. The summed E-state index contributed by atoms with van der Waals surface area (Å²) in [5.41, 5.74) is 3.51. The van der Waals surface area contributed by atoms with Gasteiger partial charge >= 0.3 is 0 Å². The zero-order chi connectivity index (χ0) is 14.6. The third-order valence-electron chi connectivity index (χ3n) is 5.25. The molecule has 112 valence electrons. The Kier molecular flexibility index (Phi) is 2.80. The van der Waals surface area contributed by atoms with Crippen LogP contribution in [-0.4, -0.2) is 28.7 Å². The highest BCUT2D eigenvalue weighted by Gasteiger charge is 2.57. The molecule has 0 spiro atoms. The summed E-state index contributed by atoms with van der Waals surface area (Å²) < 4.78 is 5.98. The number of aromatic nitrogens is 2. The second kappa shape index (κ2) is 4.47. The fraction of sp³-hybridized carbons (Fsp3) is 0.588. The van der Waals surface area contributed by atoms with Crippen molar-refractivity contribution in [3.05, 3.63) is 24.0 Å². The molecule has 21 heavy (non-hydrogen) atoms. The van der Waals surface area contributed by atoms with Gasteiger partial charge in [0.1, 0.15) is 5.82 Å². The Morgan fingerprint density at radius 3 is 3.10 bits per heavy atom. The maximum atomic E-state index is 5.98. The van der Waals surface area contributed by atoms with Crippen molar-refractivity contribution in [2.45, 2.75) is 45.8 Å². The lowest BCUT2D eigenvalue weighted by Crippen LogP contribution is -2.67. The first kappa shape index (κ1) is 13.1. The first-order valence-electron chi connectivity index (χ1n) is 7.90. The van der Waals surface area contributed by atoms with Crippen LogP contribution in [0.2, 0.25) is 0 Å². The Morgan fingerprint density at radius 1 is 1.38 bits per heavy atom. The van der Waals surface area contributed by atoms with Crippen LogP contribution in [0.5, 0.6) is 0 Å². The smallest absolute Gasteiger partial charge is 0.104 e. The van der Waals surface area contributed by atoms with E-state index in [9.17, 15) is 0 Å². The molecule has 2 N–H and O–H groups in total. The van der Waals surface area contributed by atoms with Crippen LogP contribution in [0.1, 0.15) is 32.5 Å². The van der Waals surface area contributed by atoms with Crippen LogP contribution in [-0.2, 0) is 4.74 Å². The lowest BCUT2D eigenvalue weighted by atomic mass is 9.55. The first-order valence-corrected chi connectivity index (χ1v) is 7.90. The first-order chi connectivity index (χ1) is 10.1. The molecule has 1 aliphatic heterocycles. The van der Waals surface area contributed by atoms with Crippen molar-refractivity contribution in [2.24, 2.45) is 11.3 Å². The molecule has 1 aromatic carbocycles. The average Bonchev–Trinajstić information content (AvgIpc) is 2.84. The lowest BCUT2D eigenvalue weighted by Gasteiger charge is -2.60. The minimum Gasteiger partial charge on any atom is -0.381 e. The van der Waals surface area contributed by atoms with Crippen molar-refractivity contribution in [1.82, 2.24) is 9.97 Å². The molecule has 3 atom stereocenters. The molecule has 4 nitrogen and oxygen atoms in total. The van der Waals surface area contributed by atoms with Crippen LogP contribution in [0.25, 0.3) is 11.0 Å². The number of benzene rings is 1. The van der Waals surface area contributed by atoms with Gasteiger partial charge in [-0.1, -0.05) is 13.8 Å². The predicted molar refractivity (Wildman–Crippen MR) is 84.5 cm³/mol. The fourth-order valence-corrected chi connectivity index (χ4v) is 4.22. The Labute approximate surface area is 125 Å². The SMILES string of the molecule is Cc1nc2ccc(NC3C4CCCOC4C3(C)C)cc2[nH]1. The van der Waals surface area contributed by atoms with Gasteiger partial charge in [0.2, 0.25) is 0 Å². The number of rotatable bonds is 2. The van der Waals surface area contributed by atoms with E-state index in [0.717, 1.165) is 23.5 Å². The van der Waals surface area contributed by atoms with E-state index in [1.807, 2.05) is 6.92 Å². The molecule has 1 saturated heterocycles. The quantitative estimate of drug-likeness (QED) is 0.888. The normalized spacial score (nSPS) is 30.7. The van der Waals surface area contributed by atoms with Crippen molar-refractivity contribution in [2.75, 3.05) is 11.9 Å². The Bertz CT molecular complexity index is 676. The molecule has 0 bridgehead atoms.